The Morgan fingerprint density at radius 2 is 0.925 bits per heavy atom. The van der Waals surface area contributed by atoms with Crippen molar-refractivity contribution in [3.8, 4) is 67.7 Å². The second kappa shape index (κ2) is 13.7. The highest BCUT2D eigenvalue weighted by Crippen LogP contribution is 2.36. The molecule has 1 aliphatic carbocycles. The SMILES string of the molecule is N=C1C(=NS)C=Cc2c(-c3ccc(-c4cccc(-c5nc(-c6ccccc6)nc(-c6cccc(-c7ccccc7)c6)n5)c4)cc3)nc3ccccc3c21. The van der Waals surface area contributed by atoms with Crippen molar-refractivity contribution in [2.24, 2.45) is 4.40 Å². The van der Waals surface area contributed by atoms with E-state index in [1.165, 1.54) is 0 Å². The van der Waals surface area contributed by atoms with Crippen LogP contribution in [0.25, 0.3) is 84.7 Å². The third kappa shape index (κ3) is 6.13. The zero-order valence-corrected chi connectivity index (χ0v) is 29.2. The third-order valence-corrected chi connectivity index (χ3v) is 9.68. The van der Waals surface area contributed by atoms with Gasteiger partial charge in [-0.05, 0) is 65.4 Å². The molecular weight excluding hydrogens is 669 g/mol. The van der Waals surface area contributed by atoms with Crippen LogP contribution in [0, 0.1) is 5.41 Å². The second-order valence-electron chi connectivity index (χ2n) is 12.7. The van der Waals surface area contributed by atoms with Gasteiger partial charge in [-0.1, -0.05) is 140 Å². The van der Waals surface area contributed by atoms with Gasteiger partial charge in [0, 0.05) is 38.8 Å². The molecular formula is C46H30N6S. The molecule has 6 aromatic carbocycles. The van der Waals surface area contributed by atoms with Crippen molar-refractivity contribution in [1.82, 2.24) is 19.9 Å². The summed E-state index contributed by atoms with van der Waals surface area (Å²) in [5, 5.41) is 9.82. The number of para-hydroxylation sites is 1. The number of thiol groups is 1. The minimum absolute atomic E-state index is 0.339. The number of aromatic nitrogens is 4. The van der Waals surface area contributed by atoms with E-state index in [4.69, 9.17) is 25.3 Å². The lowest BCUT2D eigenvalue weighted by Gasteiger charge is -2.19. The van der Waals surface area contributed by atoms with E-state index in [9.17, 15) is 0 Å². The number of allylic oxidation sites excluding steroid dienone is 1. The molecule has 0 atom stereocenters. The Morgan fingerprint density at radius 1 is 0.434 bits per heavy atom. The average Bonchev–Trinajstić information content (AvgIpc) is 3.24. The summed E-state index contributed by atoms with van der Waals surface area (Å²) in [5.74, 6) is 1.83. The van der Waals surface area contributed by atoms with Crippen LogP contribution < -0.4 is 0 Å². The minimum Gasteiger partial charge on any atom is -0.298 e. The summed E-state index contributed by atoms with van der Waals surface area (Å²) in [7, 11) is 0. The van der Waals surface area contributed by atoms with Crippen molar-refractivity contribution >= 4 is 41.2 Å². The first-order valence-electron chi connectivity index (χ1n) is 17.2. The maximum atomic E-state index is 8.90. The van der Waals surface area contributed by atoms with Gasteiger partial charge in [-0.15, -0.1) is 0 Å². The van der Waals surface area contributed by atoms with Gasteiger partial charge < -0.3 is 0 Å². The number of hydrogen-bond acceptors (Lipinski definition) is 7. The second-order valence-corrected chi connectivity index (χ2v) is 12.9. The summed E-state index contributed by atoms with van der Waals surface area (Å²) in [4.78, 5) is 20.0. The van der Waals surface area contributed by atoms with Crippen LogP contribution in [0.5, 0.6) is 0 Å². The van der Waals surface area contributed by atoms with E-state index in [1.54, 1.807) is 0 Å². The molecule has 1 N–H and O–H groups in total. The predicted molar refractivity (Wildman–Crippen MR) is 220 cm³/mol. The van der Waals surface area contributed by atoms with E-state index < -0.39 is 0 Å². The van der Waals surface area contributed by atoms with E-state index in [0.29, 0.717) is 28.9 Å². The zero-order valence-electron chi connectivity index (χ0n) is 28.3. The number of benzene rings is 6. The average molecular weight is 699 g/mol. The Balaban J connectivity index is 1.10. The van der Waals surface area contributed by atoms with Crippen LogP contribution in [-0.4, -0.2) is 31.4 Å². The highest BCUT2D eigenvalue weighted by Gasteiger charge is 2.23. The molecule has 2 aromatic heterocycles. The smallest absolute Gasteiger partial charge is 0.164 e. The van der Waals surface area contributed by atoms with E-state index in [2.05, 4.69) is 77.9 Å². The van der Waals surface area contributed by atoms with Gasteiger partial charge in [-0.2, -0.15) is 0 Å². The molecule has 7 heteroatoms. The summed E-state index contributed by atoms with van der Waals surface area (Å²) >= 11 is 4.11. The first-order chi connectivity index (χ1) is 26.1. The Morgan fingerprint density at radius 3 is 1.55 bits per heavy atom. The standard InChI is InChI=1S/C46H30N6S/c47-42-40(52-53)26-25-38-41(42)37-19-7-8-20-39(37)48-43(38)31-23-21-30(22-24-31)34-16-10-18-36(28-34)46-50-44(32-13-5-2-6-14-32)49-45(51-46)35-17-9-15-33(27-35)29-11-3-1-4-12-29/h1-28,47,53H. The summed E-state index contributed by atoms with van der Waals surface area (Å²) in [5.41, 5.74) is 12.2. The Kier molecular flexibility index (Phi) is 8.31. The number of fused-ring (bicyclic) bond motifs is 3. The fraction of sp³-hybridized carbons (Fsp3) is 0. The molecule has 9 rings (SSSR count). The van der Waals surface area contributed by atoms with E-state index in [1.807, 2.05) is 109 Å². The maximum absolute atomic E-state index is 8.90. The topological polar surface area (TPSA) is 87.8 Å². The molecule has 0 aliphatic heterocycles. The number of nitrogens with one attached hydrogen (secondary N) is 1. The molecule has 0 radical (unpaired) electrons. The van der Waals surface area contributed by atoms with Crippen molar-refractivity contribution in [2.75, 3.05) is 0 Å². The number of pyridine rings is 1. The van der Waals surface area contributed by atoms with Crippen molar-refractivity contribution in [3.05, 3.63) is 175 Å². The van der Waals surface area contributed by atoms with Gasteiger partial charge in [0.2, 0.25) is 0 Å². The fourth-order valence-corrected chi connectivity index (χ4v) is 6.98. The Hall–Kier alpha value is -6.83. The lowest BCUT2D eigenvalue weighted by atomic mass is 9.88. The predicted octanol–water partition coefficient (Wildman–Crippen LogP) is 11.1. The molecule has 53 heavy (non-hydrogen) atoms. The van der Waals surface area contributed by atoms with Gasteiger partial charge in [0.25, 0.3) is 0 Å². The van der Waals surface area contributed by atoms with Crippen molar-refractivity contribution in [3.63, 3.8) is 0 Å². The van der Waals surface area contributed by atoms with Gasteiger partial charge in [-0.25, -0.2) is 24.3 Å². The first kappa shape index (κ1) is 32.1. The largest absolute Gasteiger partial charge is 0.298 e. The number of rotatable bonds is 6. The van der Waals surface area contributed by atoms with Gasteiger partial charge >= 0.3 is 0 Å². The minimum atomic E-state index is 0.339. The molecule has 250 valence electrons. The summed E-state index contributed by atoms with van der Waals surface area (Å²) in [6.07, 6.45) is 3.81. The number of nitrogens with zero attached hydrogens (tertiary/aromatic N) is 5. The lowest BCUT2D eigenvalue weighted by molar-refractivity contribution is 1.07. The monoisotopic (exact) mass is 698 g/mol. The summed E-state index contributed by atoms with van der Waals surface area (Å²) in [6.45, 7) is 0. The van der Waals surface area contributed by atoms with Crippen LogP contribution in [0.2, 0.25) is 0 Å². The molecule has 0 amide bonds. The Bertz CT molecular complexity index is 2740. The van der Waals surface area contributed by atoms with Gasteiger partial charge in [0.1, 0.15) is 0 Å². The highest BCUT2D eigenvalue weighted by atomic mass is 32.1. The number of hydrogen-bond donors (Lipinski definition) is 2. The van der Waals surface area contributed by atoms with Crippen molar-refractivity contribution in [2.45, 2.75) is 0 Å². The lowest BCUT2D eigenvalue weighted by Crippen LogP contribution is -2.18. The van der Waals surface area contributed by atoms with Crippen LogP contribution in [-0.2, 0) is 0 Å². The van der Waals surface area contributed by atoms with E-state index in [-0.39, 0.29) is 0 Å². The Labute approximate surface area is 312 Å². The quantitative estimate of drug-likeness (QED) is 0.169. The summed E-state index contributed by atoms with van der Waals surface area (Å²) in [6, 6.07) is 53.3. The van der Waals surface area contributed by atoms with Gasteiger partial charge in [0.05, 0.1) is 22.6 Å². The van der Waals surface area contributed by atoms with Crippen LogP contribution >= 0.6 is 12.8 Å². The van der Waals surface area contributed by atoms with E-state index >= 15 is 0 Å². The molecule has 0 bridgehead atoms. The maximum Gasteiger partial charge on any atom is 0.164 e. The van der Waals surface area contributed by atoms with Crippen molar-refractivity contribution in [1.29, 1.82) is 5.41 Å². The normalized spacial score (nSPS) is 13.0. The molecule has 0 saturated carbocycles. The molecule has 0 fully saturated rings. The zero-order chi connectivity index (χ0) is 35.7. The van der Waals surface area contributed by atoms with Crippen molar-refractivity contribution < 1.29 is 0 Å². The van der Waals surface area contributed by atoms with Crippen LogP contribution in [0.3, 0.4) is 0 Å². The summed E-state index contributed by atoms with van der Waals surface area (Å²) < 4.78 is 4.03. The van der Waals surface area contributed by atoms with Gasteiger partial charge in [-0.3, -0.25) is 5.41 Å². The van der Waals surface area contributed by atoms with Gasteiger partial charge in [0.15, 0.2) is 17.5 Å². The molecule has 2 heterocycles. The van der Waals surface area contributed by atoms with Crippen LogP contribution in [0.1, 0.15) is 11.1 Å². The third-order valence-electron chi connectivity index (χ3n) is 9.46. The highest BCUT2D eigenvalue weighted by molar-refractivity contribution is 7.79. The van der Waals surface area contributed by atoms with Crippen LogP contribution in [0.15, 0.2) is 168 Å². The molecule has 0 unspecified atom stereocenters. The fourth-order valence-electron chi connectivity index (χ4n) is 6.81. The molecule has 8 aromatic rings. The molecule has 0 saturated heterocycles. The first-order valence-corrected chi connectivity index (χ1v) is 17.6. The molecule has 0 spiro atoms. The molecule has 6 nitrogen and oxygen atoms in total. The van der Waals surface area contributed by atoms with E-state index in [0.717, 1.165) is 72.2 Å². The molecule has 1 aliphatic rings. The van der Waals surface area contributed by atoms with Crippen LogP contribution in [0.4, 0.5) is 0 Å².